The summed E-state index contributed by atoms with van der Waals surface area (Å²) in [6.07, 6.45) is -1.06. The third-order valence-corrected chi connectivity index (χ3v) is 3.93. The van der Waals surface area contributed by atoms with E-state index in [0.29, 0.717) is 5.56 Å². The summed E-state index contributed by atoms with van der Waals surface area (Å²) < 4.78 is 10.4. The van der Waals surface area contributed by atoms with Crippen LogP contribution in [0.2, 0.25) is 0 Å². The Morgan fingerprint density at radius 3 is 2.61 bits per heavy atom. The summed E-state index contributed by atoms with van der Waals surface area (Å²) in [7, 11) is 1.27. The van der Waals surface area contributed by atoms with Gasteiger partial charge in [-0.05, 0) is 5.56 Å². The second-order valence-electron chi connectivity index (χ2n) is 5.29. The Labute approximate surface area is 132 Å². The van der Waals surface area contributed by atoms with E-state index in [1.807, 2.05) is 6.07 Å². The quantitative estimate of drug-likeness (QED) is 0.802. The zero-order valence-electron chi connectivity index (χ0n) is 12.4. The lowest BCUT2D eigenvalue weighted by Crippen LogP contribution is -2.32. The maximum atomic E-state index is 12.7. The molecular formula is C17H16O6. The van der Waals surface area contributed by atoms with Gasteiger partial charge in [0.1, 0.15) is 17.9 Å². The van der Waals surface area contributed by atoms with Crippen molar-refractivity contribution < 1.29 is 29.6 Å². The maximum Gasteiger partial charge on any atom is 0.203 e. The Hall–Kier alpha value is -2.73. The number of hydrogen-bond acceptors (Lipinski definition) is 6. The van der Waals surface area contributed by atoms with Gasteiger partial charge >= 0.3 is 0 Å². The van der Waals surface area contributed by atoms with Crippen molar-refractivity contribution in [3.63, 3.8) is 0 Å². The average Bonchev–Trinajstić information content (AvgIpc) is 2.55. The number of carbonyl (C=O) groups is 1. The first-order chi connectivity index (χ1) is 11.0. The molecule has 0 aromatic heterocycles. The minimum absolute atomic E-state index is 0.0485. The number of benzene rings is 2. The van der Waals surface area contributed by atoms with E-state index in [0.717, 1.165) is 0 Å². The van der Waals surface area contributed by atoms with Gasteiger partial charge in [0.2, 0.25) is 5.75 Å². The van der Waals surface area contributed by atoms with Crippen LogP contribution in [0.5, 0.6) is 23.0 Å². The van der Waals surface area contributed by atoms with Gasteiger partial charge in [0.25, 0.3) is 0 Å². The maximum absolute atomic E-state index is 12.7. The summed E-state index contributed by atoms with van der Waals surface area (Å²) in [4.78, 5) is 12.7. The van der Waals surface area contributed by atoms with E-state index in [1.54, 1.807) is 24.3 Å². The van der Waals surface area contributed by atoms with E-state index in [-0.39, 0.29) is 29.4 Å². The second kappa shape index (κ2) is 5.81. The zero-order chi connectivity index (χ0) is 16.6. The van der Waals surface area contributed by atoms with Crippen LogP contribution in [-0.2, 0) is 0 Å². The van der Waals surface area contributed by atoms with Crippen LogP contribution in [0.25, 0.3) is 0 Å². The SMILES string of the molecule is COc1c(O)cc2c(c1O)C(=O)[C@@H]([C@@H](O)c1ccccc1)CO2. The summed E-state index contributed by atoms with van der Waals surface area (Å²) in [5, 5.41) is 30.4. The average molecular weight is 316 g/mol. The molecular weight excluding hydrogens is 300 g/mol. The molecule has 0 aliphatic carbocycles. The molecule has 6 heteroatoms. The van der Waals surface area contributed by atoms with Gasteiger partial charge in [-0.2, -0.15) is 0 Å². The fourth-order valence-electron chi connectivity index (χ4n) is 2.72. The lowest BCUT2D eigenvalue weighted by atomic mass is 9.86. The number of ketones is 1. The van der Waals surface area contributed by atoms with Gasteiger partial charge < -0.3 is 24.8 Å². The van der Waals surface area contributed by atoms with E-state index in [2.05, 4.69) is 0 Å². The van der Waals surface area contributed by atoms with Crippen molar-refractivity contribution >= 4 is 5.78 Å². The minimum Gasteiger partial charge on any atom is -0.504 e. The Bertz CT molecular complexity index is 740. The predicted octanol–water partition coefficient (Wildman–Crippen LogP) is 2.03. The number of fused-ring (bicyclic) bond motifs is 1. The molecule has 2 atom stereocenters. The number of aliphatic hydroxyl groups excluding tert-OH is 1. The number of aromatic hydroxyl groups is 2. The van der Waals surface area contributed by atoms with Crippen LogP contribution in [0.4, 0.5) is 0 Å². The molecule has 0 spiro atoms. The summed E-state index contributed by atoms with van der Waals surface area (Å²) in [5.74, 6) is -2.25. The van der Waals surface area contributed by atoms with E-state index >= 15 is 0 Å². The second-order valence-corrected chi connectivity index (χ2v) is 5.29. The first-order valence-electron chi connectivity index (χ1n) is 7.07. The Balaban J connectivity index is 2.01. The van der Waals surface area contributed by atoms with Crippen LogP contribution < -0.4 is 9.47 Å². The van der Waals surface area contributed by atoms with E-state index in [9.17, 15) is 20.1 Å². The number of Topliss-reactive ketones (excluding diaryl/α,β-unsaturated/α-hetero) is 1. The predicted molar refractivity (Wildman–Crippen MR) is 81.0 cm³/mol. The molecule has 6 nitrogen and oxygen atoms in total. The Morgan fingerprint density at radius 2 is 1.96 bits per heavy atom. The van der Waals surface area contributed by atoms with Gasteiger partial charge in [-0.3, -0.25) is 4.79 Å². The fourth-order valence-corrected chi connectivity index (χ4v) is 2.72. The number of aliphatic hydroxyl groups is 1. The van der Waals surface area contributed by atoms with Crippen molar-refractivity contribution in [2.24, 2.45) is 5.92 Å². The van der Waals surface area contributed by atoms with E-state index < -0.39 is 23.6 Å². The molecule has 2 aromatic rings. The van der Waals surface area contributed by atoms with Crippen molar-refractivity contribution in [1.29, 1.82) is 0 Å². The Kier molecular flexibility index (Phi) is 3.83. The van der Waals surface area contributed by atoms with Crippen molar-refractivity contribution in [3.05, 3.63) is 47.5 Å². The van der Waals surface area contributed by atoms with Gasteiger partial charge in [0.15, 0.2) is 17.3 Å². The molecule has 1 aliphatic heterocycles. The first-order valence-corrected chi connectivity index (χ1v) is 7.07. The molecule has 120 valence electrons. The van der Waals surface area contributed by atoms with E-state index in [4.69, 9.17) is 9.47 Å². The lowest BCUT2D eigenvalue weighted by molar-refractivity contribution is 0.0474. The number of phenols is 2. The molecule has 3 rings (SSSR count). The topological polar surface area (TPSA) is 96.2 Å². The molecule has 0 bridgehead atoms. The highest BCUT2D eigenvalue weighted by Crippen LogP contribution is 2.47. The molecule has 1 heterocycles. The standard InChI is InChI=1S/C17H16O6/c1-22-17-11(18)7-12-13(16(17)21)15(20)10(8-23-12)14(19)9-5-3-2-4-6-9/h2-7,10,14,18-19,21H,8H2,1H3/t10-,14+/m1/s1. The van der Waals surface area contributed by atoms with Crippen LogP contribution in [0.1, 0.15) is 22.0 Å². The van der Waals surface area contributed by atoms with Gasteiger partial charge in [0.05, 0.1) is 19.1 Å². The summed E-state index contributed by atoms with van der Waals surface area (Å²) in [6, 6.07) is 9.98. The van der Waals surface area contributed by atoms with Crippen molar-refractivity contribution in [3.8, 4) is 23.0 Å². The third-order valence-electron chi connectivity index (χ3n) is 3.93. The van der Waals surface area contributed by atoms with E-state index in [1.165, 1.54) is 13.2 Å². The number of hydrogen-bond donors (Lipinski definition) is 3. The first kappa shape index (κ1) is 15.2. The Morgan fingerprint density at radius 1 is 1.26 bits per heavy atom. The van der Waals surface area contributed by atoms with Crippen LogP contribution in [0.15, 0.2) is 36.4 Å². The van der Waals surface area contributed by atoms with Crippen molar-refractivity contribution in [1.82, 2.24) is 0 Å². The third kappa shape index (κ3) is 2.47. The minimum atomic E-state index is -1.06. The normalized spacial score (nSPS) is 18.0. The highest BCUT2D eigenvalue weighted by atomic mass is 16.5. The molecule has 0 fully saturated rings. The molecule has 1 aliphatic rings. The van der Waals surface area contributed by atoms with Gasteiger partial charge in [-0.15, -0.1) is 0 Å². The highest BCUT2D eigenvalue weighted by Gasteiger charge is 2.38. The molecule has 3 N–H and O–H groups in total. The molecule has 0 amide bonds. The highest BCUT2D eigenvalue weighted by molar-refractivity contribution is 6.05. The van der Waals surface area contributed by atoms with Gasteiger partial charge in [-0.1, -0.05) is 30.3 Å². The largest absolute Gasteiger partial charge is 0.504 e. The number of methoxy groups -OCH3 is 1. The van der Waals surface area contributed by atoms with Crippen molar-refractivity contribution in [2.45, 2.75) is 6.10 Å². The van der Waals surface area contributed by atoms with Crippen LogP contribution in [-0.4, -0.2) is 34.8 Å². The monoisotopic (exact) mass is 316 g/mol. The lowest BCUT2D eigenvalue weighted by Gasteiger charge is -2.28. The van der Waals surface area contributed by atoms with Crippen LogP contribution in [0.3, 0.4) is 0 Å². The fraction of sp³-hybridized carbons (Fsp3) is 0.235. The molecule has 0 saturated heterocycles. The zero-order valence-corrected chi connectivity index (χ0v) is 12.4. The summed E-state index contributed by atoms with van der Waals surface area (Å²) >= 11 is 0. The molecule has 0 unspecified atom stereocenters. The smallest absolute Gasteiger partial charge is 0.203 e. The summed E-state index contributed by atoms with van der Waals surface area (Å²) in [5.41, 5.74) is 0.494. The molecule has 0 radical (unpaired) electrons. The van der Waals surface area contributed by atoms with Gasteiger partial charge in [-0.25, -0.2) is 0 Å². The number of carbonyl (C=O) groups excluding carboxylic acids is 1. The summed E-state index contributed by atoms with van der Waals surface area (Å²) in [6.45, 7) is -0.0485. The van der Waals surface area contributed by atoms with Crippen molar-refractivity contribution in [2.75, 3.05) is 13.7 Å². The molecule has 23 heavy (non-hydrogen) atoms. The van der Waals surface area contributed by atoms with Crippen LogP contribution in [0, 0.1) is 5.92 Å². The molecule has 2 aromatic carbocycles. The number of rotatable bonds is 3. The number of phenolic OH excluding ortho intramolecular Hbond substituents is 2. The van der Waals surface area contributed by atoms with Crippen LogP contribution >= 0.6 is 0 Å². The molecule has 0 saturated carbocycles. The van der Waals surface area contributed by atoms with Gasteiger partial charge in [0, 0.05) is 6.07 Å². The number of ether oxygens (including phenoxy) is 2.